The molecule has 0 N–H and O–H groups in total. The van der Waals surface area contributed by atoms with Gasteiger partial charge in [0.05, 0.1) is 0 Å². The average molecular weight is 509 g/mol. The van der Waals surface area contributed by atoms with E-state index in [-0.39, 0.29) is 0 Å². The van der Waals surface area contributed by atoms with Crippen LogP contribution in [-0.2, 0) is 29.3 Å². The molecule has 0 aliphatic heterocycles. The van der Waals surface area contributed by atoms with Crippen molar-refractivity contribution in [2.45, 2.75) is 59.3 Å². The predicted octanol–water partition coefficient (Wildman–Crippen LogP) is 6.79. The Labute approximate surface area is 170 Å². The van der Waals surface area contributed by atoms with Gasteiger partial charge >= 0.3 is 145 Å². The Hall–Kier alpha value is -1.21. The zero-order chi connectivity index (χ0) is 18.4. The Kier molecular flexibility index (Phi) is 7.25. The first-order chi connectivity index (χ1) is 12.8. The molecule has 0 nitrogen and oxygen atoms in total. The SMILES string of the molecule is CCCC.CCCC1=[C]([Hf][c]2cccc3c2Cc2ccccc2-3)CC=C1. The summed E-state index contributed by atoms with van der Waals surface area (Å²) in [5.74, 6) is 0. The van der Waals surface area contributed by atoms with E-state index in [0.717, 1.165) is 6.42 Å². The fourth-order valence-electron chi connectivity index (χ4n) is 3.62. The Balaban J connectivity index is 0.000000447. The van der Waals surface area contributed by atoms with E-state index < -0.39 is 22.9 Å². The fraction of sp³-hybridized carbons (Fsp3) is 0.360. The monoisotopic (exact) mass is 510 g/mol. The van der Waals surface area contributed by atoms with Crippen LogP contribution in [0.1, 0.15) is 64.0 Å². The van der Waals surface area contributed by atoms with Crippen LogP contribution in [0.15, 0.2) is 63.5 Å². The summed E-state index contributed by atoms with van der Waals surface area (Å²) >= 11 is -0.901. The van der Waals surface area contributed by atoms with Crippen molar-refractivity contribution in [2.75, 3.05) is 0 Å². The first-order valence-corrected chi connectivity index (χ1v) is 13.7. The zero-order valence-corrected chi connectivity index (χ0v) is 20.0. The maximum absolute atomic E-state index is 2.42. The van der Waals surface area contributed by atoms with Gasteiger partial charge in [-0.25, -0.2) is 0 Å². The Bertz CT molecular complexity index is 809. The van der Waals surface area contributed by atoms with Gasteiger partial charge < -0.3 is 0 Å². The van der Waals surface area contributed by atoms with Crippen molar-refractivity contribution in [3.05, 3.63) is 74.6 Å². The van der Waals surface area contributed by atoms with Crippen LogP contribution < -0.4 is 3.32 Å². The van der Waals surface area contributed by atoms with Gasteiger partial charge in [-0.3, -0.25) is 0 Å². The molecular formula is C25H30Hf. The van der Waals surface area contributed by atoms with E-state index in [0.29, 0.717) is 0 Å². The van der Waals surface area contributed by atoms with E-state index in [1.165, 1.54) is 48.8 Å². The van der Waals surface area contributed by atoms with Crippen LogP contribution >= 0.6 is 0 Å². The molecule has 2 aliphatic carbocycles. The van der Waals surface area contributed by atoms with Crippen LogP contribution in [0.4, 0.5) is 0 Å². The molecule has 0 aromatic heterocycles. The number of unbranched alkanes of at least 4 members (excludes halogenated alkanes) is 1. The van der Waals surface area contributed by atoms with Crippen molar-refractivity contribution in [1.82, 2.24) is 0 Å². The van der Waals surface area contributed by atoms with Crippen molar-refractivity contribution in [3.8, 4) is 11.1 Å². The molecule has 0 atom stereocenters. The summed E-state index contributed by atoms with van der Waals surface area (Å²) in [5.41, 5.74) is 7.79. The summed E-state index contributed by atoms with van der Waals surface area (Å²) in [5, 5.41) is 0. The van der Waals surface area contributed by atoms with Crippen molar-refractivity contribution >= 4 is 3.32 Å². The number of fused-ring (bicyclic) bond motifs is 3. The van der Waals surface area contributed by atoms with Crippen LogP contribution in [0, 0.1) is 0 Å². The standard InChI is InChI=1S/C13H9.C8H11.C4H10.Hf/c1-3-7-12-10(5-1)9-11-6-2-4-8-13(11)12;1-2-5-8-6-3-4-7-8;1-3-4-2;/h1-5,7-8H,9H2;3,6H,2,4-5H2,1H3;3-4H2,1-2H3;. The number of hydrogen-bond donors (Lipinski definition) is 0. The second kappa shape index (κ2) is 9.65. The topological polar surface area (TPSA) is 0 Å². The minimum absolute atomic E-state index is 0.901. The molecule has 134 valence electrons. The molecule has 1 heteroatoms. The second-order valence-electron chi connectivity index (χ2n) is 7.15. The molecule has 0 radical (unpaired) electrons. The number of benzene rings is 2. The molecule has 0 saturated heterocycles. The molecule has 0 amide bonds. The van der Waals surface area contributed by atoms with Crippen molar-refractivity contribution < 1.29 is 22.9 Å². The third-order valence-corrected chi connectivity index (χ3v) is 10.8. The second-order valence-corrected chi connectivity index (χ2v) is 12.2. The molecule has 0 bridgehead atoms. The van der Waals surface area contributed by atoms with Crippen LogP contribution in [0.3, 0.4) is 0 Å². The summed E-state index contributed by atoms with van der Waals surface area (Å²) in [6, 6.07) is 16.0. The van der Waals surface area contributed by atoms with Gasteiger partial charge in [0.2, 0.25) is 0 Å². The molecule has 26 heavy (non-hydrogen) atoms. The number of allylic oxidation sites excluding steroid dienone is 4. The van der Waals surface area contributed by atoms with Crippen molar-refractivity contribution in [1.29, 1.82) is 0 Å². The van der Waals surface area contributed by atoms with Gasteiger partial charge in [0.1, 0.15) is 0 Å². The zero-order valence-electron chi connectivity index (χ0n) is 16.4. The van der Waals surface area contributed by atoms with Crippen LogP contribution in [0.25, 0.3) is 11.1 Å². The first kappa shape index (κ1) is 19.5. The van der Waals surface area contributed by atoms with E-state index >= 15 is 0 Å². The van der Waals surface area contributed by atoms with Gasteiger partial charge in [-0.05, 0) is 0 Å². The molecular weight excluding hydrogens is 479 g/mol. The molecule has 2 aromatic carbocycles. The number of hydrogen-bond acceptors (Lipinski definition) is 0. The summed E-state index contributed by atoms with van der Waals surface area (Å²) in [6.45, 7) is 6.65. The maximum atomic E-state index is 2.42. The van der Waals surface area contributed by atoms with E-state index in [1.807, 2.05) is 3.33 Å². The molecule has 0 spiro atoms. The first-order valence-electron chi connectivity index (χ1n) is 10.1. The summed E-state index contributed by atoms with van der Waals surface area (Å²) in [4.78, 5) is 0. The van der Waals surface area contributed by atoms with E-state index in [2.05, 4.69) is 75.4 Å². The molecule has 2 aromatic rings. The third-order valence-electron chi connectivity index (χ3n) is 5.18. The summed E-state index contributed by atoms with van der Waals surface area (Å²) < 4.78 is 3.55. The molecule has 2 aliphatic rings. The molecule has 4 rings (SSSR count). The van der Waals surface area contributed by atoms with Gasteiger partial charge in [-0.15, -0.1) is 0 Å². The molecule has 0 unspecified atom stereocenters. The summed E-state index contributed by atoms with van der Waals surface area (Å²) in [7, 11) is 0. The number of rotatable bonds is 5. The predicted molar refractivity (Wildman–Crippen MR) is 111 cm³/mol. The van der Waals surface area contributed by atoms with Gasteiger partial charge in [0.25, 0.3) is 0 Å². The average Bonchev–Trinajstić information content (AvgIpc) is 3.27. The minimum atomic E-state index is -0.901. The van der Waals surface area contributed by atoms with Crippen LogP contribution in [-0.4, -0.2) is 0 Å². The fourth-order valence-corrected chi connectivity index (χ4v) is 8.89. The molecule has 0 fully saturated rings. The van der Waals surface area contributed by atoms with E-state index in [4.69, 9.17) is 0 Å². The van der Waals surface area contributed by atoms with Crippen molar-refractivity contribution in [2.24, 2.45) is 0 Å². The quantitative estimate of drug-likeness (QED) is 0.333. The summed E-state index contributed by atoms with van der Waals surface area (Å²) in [6.07, 6.45) is 12.3. The Morgan fingerprint density at radius 3 is 2.38 bits per heavy atom. The van der Waals surface area contributed by atoms with E-state index in [9.17, 15) is 0 Å². The van der Waals surface area contributed by atoms with Crippen molar-refractivity contribution in [3.63, 3.8) is 0 Å². The molecule has 0 heterocycles. The van der Waals surface area contributed by atoms with Crippen LogP contribution in [0.2, 0.25) is 0 Å². The van der Waals surface area contributed by atoms with Gasteiger partial charge in [-0.1, -0.05) is 26.7 Å². The normalized spacial score (nSPS) is 14.0. The van der Waals surface area contributed by atoms with Gasteiger partial charge in [-0.2, -0.15) is 0 Å². The van der Waals surface area contributed by atoms with Crippen LogP contribution in [0.5, 0.6) is 0 Å². The van der Waals surface area contributed by atoms with Gasteiger partial charge in [0, 0.05) is 0 Å². The van der Waals surface area contributed by atoms with E-state index in [1.54, 1.807) is 14.5 Å². The Morgan fingerprint density at radius 2 is 1.62 bits per heavy atom. The molecule has 0 saturated carbocycles. The third kappa shape index (κ3) is 4.36. The Morgan fingerprint density at radius 1 is 0.846 bits per heavy atom. The van der Waals surface area contributed by atoms with Gasteiger partial charge in [0.15, 0.2) is 0 Å².